The predicted octanol–water partition coefficient (Wildman–Crippen LogP) is 4.92. The molecule has 0 aliphatic heterocycles. The Labute approximate surface area is 160 Å². The zero-order valence-corrected chi connectivity index (χ0v) is 15.6. The molecule has 0 saturated carbocycles. The average Bonchev–Trinajstić information content (AvgIpc) is 2.72. The lowest BCUT2D eigenvalue weighted by Gasteiger charge is -2.19. The highest BCUT2D eigenvalue weighted by molar-refractivity contribution is 5.92. The van der Waals surface area contributed by atoms with Gasteiger partial charge in [0.1, 0.15) is 5.75 Å². The highest BCUT2D eigenvalue weighted by Crippen LogP contribution is 2.23. The molecule has 0 spiro atoms. The topological polar surface area (TPSA) is 38.3 Å². The number of carbonyl (C=O) groups excluding carboxylic acids is 1. The maximum absolute atomic E-state index is 12.6. The minimum Gasteiger partial charge on any atom is -0.496 e. The first-order chi connectivity index (χ1) is 13.2. The lowest BCUT2D eigenvalue weighted by molar-refractivity contribution is -0.116. The maximum atomic E-state index is 12.6. The Bertz CT molecular complexity index is 915. The first kappa shape index (κ1) is 18.5. The standard InChI is InChI=1S/C24H23NO2/c1-18-12-14-21(15-13-18)24(20-9-4-3-5-10-20)25-23(26)17-16-19-8-6-7-11-22(19)27-2/h3-17,24H,1-2H3,(H,25,26)/b17-16+/t24-/m1/s1. The second kappa shape index (κ2) is 8.86. The molecule has 3 aromatic rings. The van der Waals surface area contributed by atoms with Crippen LogP contribution >= 0.6 is 0 Å². The predicted molar refractivity (Wildman–Crippen MR) is 110 cm³/mol. The number of ether oxygens (including phenoxy) is 1. The first-order valence-corrected chi connectivity index (χ1v) is 8.90. The van der Waals surface area contributed by atoms with Gasteiger partial charge >= 0.3 is 0 Å². The summed E-state index contributed by atoms with van der Waals surface area (Å²) in [6.45, 7) is 2.05. The van der Waals surface area contributed by atoms with Crippen LogP contribution in [0.4, 0.5) is 0 Å². The number of nitrogens with one attached hydrogen (secondary N) is 1. The molecule has 1 amide bonds. The van der Waals surface area contributed by atoms with Gasteiger partial charge in [-0.3, -0.25) is 4.79 Å². The van der Waals surface area contributed by atoms with E-state index in [0.717, 1.165) is 22.4 Å². The van der Waals surface area contributed by atoms with Crippen molar-refractivity contribution in [2.24, 2.45) is 0 Å². The Hall–Kier alpha value is -3.33. The largest absolute Gasteiger partial charge is 0.496 e. The van der Waals surface area contributed by atoms with Crippen molar-refractivity contribution in [2.45, 2.75) is 13.0 Å². The fourth-order valence-electron chi connectivity index (χ4n) is 2.92. The molecular weight excluding hydrogens is 334 g/mol. The number of benzene rings is 3. The summed E-state index contributed by atoms with van der Waals surface area (Å²) in [7, 11) is 1.62. The average molecular weight is 357 g/mol. The first-order valence-electron chi connectivity index (χ1n) is 8.90. The van der Waals surface area contributed by atoms with Crippen LogP contribution in [0.15, 0.2) is 84.9 Å². The second-order valence-electron chi connectivity index (χ2n) is 6.34. The third kappa shape index (κ3) is 4.85. The monoisotopic (exact) mass is 357 g/mol. The molecule has 0 unspecified atom stereocenters. The number of rotatable bonds is 6. The number of hydrogen-bond donors (Lipinski definition) is 1. The van der Waals surface area contributed by atoms with E-state index < -0.39 is 0 Å². The maximum Gasteiger partial charge on any atom is 0.244 e. The fourth-order valence-corrected chi connectivity index (χ4v) is 2.92. The Morgan fingerprint density at radius 3 is 2.22 bits per heavy atom. The highest BCUT2D eigenvalue weighted by atomic mass is 16.5. The summed E-state index contributed by atoms with van der Waals surface area (Å²) >= 11 is 0. The number of aryl methyl sites for hydroxylation is 1. The SMILES string of the molecule is COc1ccccc1/C=C/C(=O)N[C@H](c1ccccc1)c1ccc(C)cc1. The van der Waals surface area contributed by atoms with Crippen molar-refractivity contribution in [1.82, 2.24) is 5.32 Å². The quantitative estimate of drug-likeness (QED) is 0.636. The van der Waals surface area contributed by atoms with Gasteiger partial charge in [-0.05, 0) is 30.2 Å². The van der Waals surface area contributed by atoms with Gasteiger partial charge in [0.15, 0.2) is 0 Å². The summed E-state index contributed by atoms with van der Waals surface area (Å²) in [5, 5.41) is 3.11. The van der Waals surface area contributed by atoms with Gasteiger partial charge in [0, 0.05) is 11.6 Å². The van der Waals surface area contributed by atoms with Crippen LogP contribution in [0.5, 0.6) is 5.75 Å². The van der Waals surface area contributed by atoms with Gasteiger partial charge in [0.05, 0.1) is 13.2 Å². The van der Waals surface area contributed by atoms with E-state index in [4.69, 9.17) is 4.74 Å². The molecule has 0 fully saturated rings. The molecule has 0 bridgehead atoms. The molecule has 0 aromatic heterocycles. The van der Waals surface area contributed by atoms with Crippen LogP contribution in [0.3, 0.4) is 0 Å². The van der Waals surface area contributed by atoms with E-state index >= 15 is 0 Å². The van der Waals surface area contributed by atoms with Crippen LogP contribution in [0.2, 0.25) is 0 Å². The molecule has 0 aliphatic rings. The third-order valence-corrected chi connectivity index (χ3v) is 4.38. The summed E-state index contributed by atoms with van der Waals surface area (Å²) in [4.78, 5) is 12.6. The Morgan fingerprint density at radius 1 is 0.889 bits per heavy atom. The van der Waals surface area contributed by atoms with E-state index in [0.29, 0.717) is 0 Å². The number of methoxy groups -OCH3 is 1. The Morgan fingerprint density at radius 2 is 1.52 bits per heavy atom. The van der Waals surface area contributed by atoms with Crippen molar-refractivity contribution in [3.8, 4) is 5.75 Å². The third-order valence-electron chi connectivity index (χ3n) is 4.38. The molecule has 0 radical (unpaired) electrons. The lowest BCUT2D eigenvalue weighted by atomic mass is 9.98. The van der Waals surface area contributed by atoms with Gasteiger partial charge in [-0.25, -0.2) is 0 Å². The highest BCUT2D eigenvalue weighted by Gasteiger charge is 2.15. The zero-order valence-electron chi connectivity index (χ0n) is 15.6. The van der Waals surface area contributed by atoms with Gasteiger partial charge < -0.3 is 10.1 Å². The Balaban J connectivity index is 1.82. The normalized spacial score (nSPS) is 11.9. The molecule has 3 heteroatoms. The second-order valence-corrected chi connectivity index (χ2v) is 6.34. The van der Waals surface area contributed by atoms with E-state index in [1.807, 2.05) is 54.6 Å². The van der Waals surface area contributed by atoms with E-state index in [9.17, 15) is 4.79 Å². The van der Waals surface area contributed by atoms with Gasteiger partial charge in [-0.1, -0.05) is 78.4 Å². The summed E-state index contributed by atoms with van der Waals surface area (Å²) in [6.07, 6.45) is 3.31. The van der Waals surface area contributed by atoms with Crippen LogP contribution in [-0.4, -0.2) is 13.0 Å². The molecular formula is C24H23NO2. The van der Waals surface area contributed by atoms with Crippen LogP contribution in [-0.2, 0) is 4.79 Å². The van der Waals surface area contributed by atoms with E-state index in [1.165, 1.54) is 5.56 Å². The number of para-hydroxylation sites is 1. The Kier molecular flexibility index (Phi) is 6.06. The van der Waals surface area contributed by atoms with E-state index in [-0.39, 0.29) is 11.9 Å². The molecule has 27 heavy (non-hydrogen) atoms. The van der Waals surface area contributed by atoms with Crippen LogP contribution < -0.4 is 10.1 Å². The van der Waals surface area contributed by atoms with E-state index in [2.05, 4.69) is 36.5 Å². The number of carbonyl (C=O) groups is 1. The number of amides is 1. The molecule has 1 atom stereocenters. The van der Waals surface area contributed by atoms with Gasteiger partial charge in [-0.2, -0.15) is 0 Å². The molecule has 0 aliphatic carbocycles. The minimum absolute atomic E-state index is 0.157. The number of hydrogen-bond acceptors (Lipinski definition) is 2. The smallest absolute Gasteiger partial charge is 0.244 e. The van der Waals surface area contributed by atoms with Crippen LogP contribution in [0, 0.1) is 6.92 Å². The molecule has 136 valence electrons. The molecule has 3 rings (SSSR count). The molecule has 0 saturated heterocycles. The summed E-state index contributed by atoms with van der Waals surface area (Å²) < 4.78 is 5.33. The van der Waals surface area contributed by atoms with E-state index in [1.54, 1.807) is 19.3 Å². The zero-order chi connectivity index (χ0) is 19.1. The van der Waals surface area contributed by atoms with Gasteiger partial charge in [-0.15, -0.1) is 0 Å². The van der Waals surface area contributed by atoms with Crippen molar-refractivity contribution in [3.05, 3.63) is 107 Å². The van der Waals surface area contributed by atoms with Crippen LogP contribution in [0.1, 0.15) is 28.3 Å². The van der Waals surface area contributed by atoms with Gasteiger partial charge in [0.25, 0.3) is 0 Å². The molecule has 3 nitrogen and oxygen atoms in total. The van der Waals surface area contributed by atoms with Crippen molar-refractivity contribution in [3.63, 3.8) is 0 Å². The summed E-state index contributed by atoms with van der Waals surface area (Å²) in [5.41, 5.74) is 4.14. The summed E-state index contributed by atoms with van der Waals surface area (Å²) in [6, 6.07) is 25.6. The lowest BCUT2D eigenvalue weighted by Crippen LogP contribution is -2.27. The van der Waals surface area contributed by atoms with Gasteiger partial charge in [0.2, 0.25) is 5.91 Å². The fraction of sp³-hybridized carbons (Fsp3) is 0.125. The van der Waals surface area contributed by atoms with Crippen LogP contribution in [0.25, 0.3) is 6.08 Å². The van der Waals surface area contributed by atoms with Crippen molar-refractivity contribution >= 4 is 12.0 Å². The molecule has 0 heterocycles. The van der Waals surface area contributed by atoms with Crippen molar-refractivity contribution in [1.29, 1.82) is 0 Å². The summed E-state index contributed by atoms with van der Waals surface area (Å²) in [5.74, 6) is 0.579. The molecule has 1 N–H and O–H groups in total. The molecule has 3 aromatic carbocycles. The van der Waals surface area contributed by atoms with Crippen molar-refractivity contribution in [2.75, 3.05) is 7.11 Å². The van der Waals surface area contributed by atoms with Crippen molar-refractivity contribution < 1.29 is 9.53 Å². The minimum atomic E-state index is -0.207.